The minimum absolute atomic E-state index is 0. The number of nitrogens with one attached hydrogen (secondary N) is 2. The van der Waals surface area contributed by atoms with Gasteiger partial charge >= 0.3 is 0 Å². The molecule has 1 aliphatic heterocycles. The zero-order chi connectivity index (χ0) is 14.4. The van der Waals surface area contributed by atoms with Crippen molar-refractivity contribution in [2.24, 2.45) is 0 Å². The first-order valence-electron chi connectivity index (χ1n) is 7.57. The smallest absolute Gasteiger partial charge is 0.253 e. The average molecular weight is 348 g/mol. The Morgan fingerprint density at radius 3 is 2.50 bits per heavy atom. The van der Waals surface area contributed by atoms with E-state index in [9.17, 15) is 4.79 Å². The summed E-state index contributed by atoms with van der Waals surface area (Å²) in [6, 6.07) is 6.17. The number of halogens is 2. The van der Waals surface area contributed by atoms with Crippen molar-refractivity contribution in [2.75, 3.05) is 37.6 Å². The Morgan fingerprint density at radius 1 is 1.18 bits per heavy atom. The van der Waals surface area contributed by atoms with Gasteiger partial charge in [-0.3, -0.25) is 4.79 Å². The van der Waals surface area contributed by atoms with E-state index in [1.165, 1.54) is 12.8 Å². The average Bonchev–Trinajstić information content (AvgIpc) is 2.97. The van der Waals surface area contributed by atoms with Crippen LogP contribution in [0.5, 0.6) is 0 Å². The van der Waals surface area contributed by atoms with E-state index in [1.54, 1.807) is 0 Å². The summed E-state index contributed by atoms with van der Waals surface area (Å²) in [5.41, 5.74) is 3.02. The van der Waals surface area contributed by atoms with Crippen LogP contribution in [0.4, 0.5) is 5.69 Å². The molecule has 1 aromatic carbocycles. The van der Waals surface area contributed by atoms with Gasteiger partial charge in [0, 0.05) is 31.9 Å². The molecule has 0 spiro atoms. The van der Waals surface area contributed by atoms with Crippen LogP contribution in [0.3, 0.4) is 0 Å². The number of carbonyl (C=O) groups excluding carboxylic acids is 1. The first-order chi connectivity index (χ1) is 9.72. The molecular formula is C16H27Cl2N3O. The molecule has 0 unspecified atom stereocenters. The maximum atomic E-state index is 12.4. The van der Waals surface area contributed by atoms with Gasteiger partial charge in [0.25, 0.3) is 5.91 Å². The maximum absolute atomic E-state index is 12.4. The highest BCUT2D eigenvalue weighted by atomic mass is 35.5. The van der Waals surface area contributed by atoms with Gasteiger partial charge in [0.05, 0.1) is 5.56 Å². The molecule has 0 aromatic heterocycles. The summed E-state index contributed by atoms with van der Waals surface area (Å²) >= 11 is 0. The van der Waals surface area contributed by atoms with Gasteiger partial charge in [-0.15, -0.1) is 24.8 Å². The summed E-state index contributed by atoms with van der Waals surface area (Å²) in [4.78, 5) is 14.7. The maximum Gasteiger partial charge on any atom is 0.253 e. The van der Waals surface area contributed by atoms with E-state index in [1.807, 2.05) is 13.0 Å². The number of carbonyl (C=O) groups is 1. The molecule has 2 rings (SSSR count). The van der Waals surface area contributed by atoms with E-state index in [0.29, 0.717) is 6.54 Å². The summed E-state index contributed by atoms with van der Waals surface area (Å²) < 4.78 is 0. The molecule has 1 aromatic rings. The van der Waals surface area contributed by atoms with Crippen LogP contribution in [0, 0.1) is 6.92 Å². The molecule has 0 bridgehead atoms. The Labute approximate surface area is 145 Å². The molecule has 1 saturated heterocycles. The lowest BCUT2D eigenvalue weighted by Gasteiger charge is -2.21. The minimum atomic E-state index is 0. The van der Waals surface area contributed by atoms with Crippen molar-refractivity contribution in [3.8, 4) is 0 Å². The lowest BCUT2D eigenvalue weighted by Crippen LogP contribution is -2.33. The summed E-state index contributed by atoms with van der Waals surface area (Å²) in [6.07, 6.45) is 2.44. The van der Waals surface area contributed by atoms with Crippen LogP contribution in [-0.4, -0.2) is 38.6 Å². The van der Waals surface area contributed by atoms with Crippen LogP contribution in [0.1, 0.15) is 35.7 Å². The van der Waals surface area contributed by atoms with Gasteiger partial charge in [-0.1, -0.05) is 18.6 Å². The molecule has 0 saturated carbocycles. The van der Waals surface area contributed by atoms with Crippen molar-refractivity contribution in [2.45, 2.75) is 26.7 Å². The van der Waals surface area contributed by atoms with Crippen LogP contribution in [-0.2, 0) is 0 Å². The molecule has 1 fully saturated rings. The number of hydrogen-bond acceptors (Lipinski definition) is 3. The SMILES string of the molecule is CCNCCNC(=O)c1cc(C)ccc1N1CCCC1.Cl.Cl. The van der Waals surface area contributed by atoms with Gasteiger partial charge < -0.3 is 15.5 Å². The molecule has 2 N–H and O–H groups in total. The van der Waals surface area contributed by atoms with Gasteiger partial charge in [0.2, 0.25) is 0 Å². The number of aryl methyl sites for hydroxylation is 1. The fourth-order valence-electron chi connectivity index (χ4n) is 2.60. The number of hydrogen-bond donors (Lipinski definition) is 2. The number of benzene rings is 1. The molecule has 0 aliphatic carbocycles. The highest BCUT2D eigenvalue weighted by Crippen LogP contribution is 2.25. The Balaban J connectivity index is 0.00000220. The zero-order valence-corrected chi connectivity index (χ0v) is 15.0. The Hall–Kier alpha value is -0.970. The van der Waals surface area contributed by atoms with E-state index in [2.05, 4.69) is 34.6 Å². The lowest BCUT2D eigenvalue weighted by molar-refractivity contribution is 0.0954. The van der Waals surface area contributed by atoms with Crippen LogP contribution in [0.15, 0.2) is 18.2 Å². The molecule has 1 heterocycles. The van der Waals surface area contributed by atoms with Crippen molar-refractivity contribution < 1.29 is 4.79 Å². The zero-order valence-electron chi connectivity index (χ0n) is 13.4. The second-order valence-corrected chi connectivity index (χ2v) is 5.32. The molecular weight excluding hydrogens is 321 g/mol. The van der Waals surface area contributed by atoms with E-state index >= 15 is 0 Å². The van der Waals surface area contributed by atoms with Crippen LogP contribution in [0.25, 0.3) is 0 Å². The predicted molar refractivity (Wildman–Crippen MR) is 98.0 cm³/mol. The van der Waals surface area contributed by atoms with E-state index < -0.39 is 0 Å². The first kappa shape index (κ1) is 21.0. The first-order valence-corrected chi connectivity index (χ1v) is 7.57. The highest BCUT2D eigenvalue weighted by Gasteiger charge is 2.19. The monoisotopic (exact) mass is 347 g/mol. The van der Waals surface area contributed by atoms with Gasteiger partial charge in [-0.25, -0.2) is 0 Å². The lowest BCUT2D eigenvalue weighted by atomic mass is 10.1. The van der Waals surface area contributed by atoms with Crippen molar-refractivity contribution in [3.05, 3.63) is 29.3 Å². The van der Waals surface area contributed by atoms with Gasteiger partial charge in [-0.2, -0.15) is 0 Å². The van der Waals surface area contributed by atoms with E-state index in [-0.39, 0.29) is 30.7 Å². The van der Waals surface area contributed by atoms with Crippen LogP contribution < -0.4 is 15.5 Å². The van der Waals surface area contributed by atoms with Crippen LogP contribution in [0.2, 0.25) is 0 Å². The van der Waals surface area contributed by atoms with Crippen molar-refractivity contribution >= 4 is 36.4 Å². The summed E-state index contributed by atoms with van der Waals surface area (Å²) in [6.45, 7) is 8.62. The number of anilines is 1. The topological polar surface area (TPSA) is 44.4 Å². The van der Waals surface area contributed by atoms with E-state index in [0.717, 1.165) is 43.0 Å². The molecule has 0 atom stereocenters. The molecule has 22 heavy (non-hydrogen) atoms. The second kappa shape index (κ2) is 10.7. The quantitative estimate of drug-likeness (QED) is 0.777. The third-order valence-electron chi connectivity index (χ3n) is 3.68. The Bertz CT molecular complexity index is 463. The number of rotatable bonds is 6. The van der Waals surface area contributed by atoms with Gasteiger partial charge in [0.1, 0.15) is 0 Å². The molecule has 1 amide bonds. The molecule has 1 aliphatic rings. The third kappa shape index (κ3) is 5.67. The van der Waals surface area contributed by atoms with Crippen molar-refractivity contribution in [1.29, 1.82) is 0 Å². The van der Waals surface area contributed by atoms with Crippen molar-refractivity contribution in [1.82, 2.24) is 10.6 Å². The Morgan fingerprint density at radius 2 is 1.86 bits per heavy atom. The number of amides is 1. The fourth-order valence-corrected chi connectivity index (χ4v) is 2.60. The molecule has 6 heteroatoms. The number of likely N-dealkylation sites (N-methyl/N-ethyl adjacent to an activating group) is 1. The van der Waals surface area contributed by atoms with Gasteiger partial charge in [-0.05, 0) is 38.4 Å². The fraction of sp³-hybridized carbons (Fsp3) is 0.562. The normalized spacial score (nSPS) is 13.3. The summed E-state index contributed by atoms with van der Waals surface area (Å²) in [5.74, 6) is 0.0357. The minimum Gasteiger partial charge on any atom is -0.371 e. The largest absolute Gasteiger partial charge is 0.371 e. The van der Waals surface area contributed by atoms with Gasteiger partial charge in [0.15, 0.2) is 0 Å². The summed E-state index contributed by atoms with van der Waals surface area (Å²) in [7, 11) is 0. The number of nitrogens with zero attached hydrogens (tertiary/aromatic N) is 1. The standard InChI is InChI=1S/C16H25N3O.2ClH/c1-3-17-8-9-18-16(20)14-12-13(2)6-7-15(14)19-10-4-5-11-19;;/h6-7,12,17H,3-5,8-11H2,1-2H3,(H,18,20);2*1H. The summed E-state index contributed by atoms with van der Waals surface area (Å²) in [5, 5.41) is 6.21. The third-order valence-corrected chi connectivity index (χ3v) is 3.68. The molecule has 4 nitrogen and oxygen atoms in total. The predicted octanol–water partition coefficient (Wildman–Crippen LogP) is 2.78. The second-order valence-electron chi connectivity index (χ2n) is 5.32. The molecule has 126 valence electrons. The highest BCUT2D eigenvalue weighted by molar-refractivity contribution is 6.00. The van der Waals surface area contributed by atoms with Crippen LogP contribution >= 0.6 is 24.8 Å². The van der Waals surface area contributed by atoms with E-state index in [4.69, 9.17) is 0 Å². The Kier molecular flexibility index (Phi) is 10.2. The molecule has 0 radical (unpaired) electrons. The van der Waals surface area contributed by atoms with Crippen molar-refractivity contribution in [3.63, 3.8) is 0 Å².